The van der Waals surface area contributed by atoms with Crippen molar-refractivity contribution in [1.82, 2.24) is 15.5 Å². The SMILES string of the molecule is CNCc1nnc(NC2CCCCCC2C)o1. The minimum Gasteiger partial charge on any atom is -0.407 e. The van der Waals surface area contributed by atoms with Crippen LogP contribution in [-0.4, -0.2) is 23.3 Å². The molecule has 0 radical (unpaired) electrons. The number of hydrogen-bond acceptors (Lipinski definition) is 5. The highest BCUT2D eigenvalue weighted by molar-refractivity contribution is 5.20. The molecular formula is C12H22N4O. The van der Waals surface area contributed by atoms with E-state index in [1.807, 2.05) is 7.05 Å². The van der Waals surface area contributed by atoms with E-state index in [0.29, 0.717) is 30.4 Å². The van der Waals surface area contributed by atoms with Gasteiger partial charge in [-0.2, -0.15) is 0 Å². The summed E-state index contributed by atoms with van der Waals surface area (Å²) in [5, 5.41) is 14.4. The maximum Gasteiger partial charge on any atom is 0.315 e. The summed E-state index contributed by atoms with van der Waals surface area (Å²) in [6, 6.07) is 1.04. The largest absolute Gasteiger partial charge is 0.407 e. The first-order valence-electron chi connectivity index (χ1n) is 6.53. The third-order valence-electron chi connectivity index (χ3n) is 3.47. The van der Waals surface area contributed by atoms with E-state index in [9.17, 15) is 0 Å². The Morgan fingerprint density at radius 2 is 2.06 bits per heavy atom. The van der Waals surface area contributed by atoms with Crippen molar-refractivity contribution in [3.05, 3.63) is 5.89 Å². The van der Waals surface area contributed by atoms with E-state index >= 15 is 0 Å². The molecule has 1 aromatic heterocycles. The lowest BCUT2D eigenvalue weighted by molar-refractivity contribution is 0.431. The minimum absolute atomic E-state index is 0.473. The topological polar surface area (TPSA) is 63.0 Å². The van der Waals surface area contributed by atoms with Crippen LogP contribution in [-0.2, 0) is 6.54 Å². The zero-order chi connectivity index (χ0) is 12.1. The summed E-state index contributed by atoms with van der Waals surface area (Å²) in [7, 11) is 1.87. The fourth-order valence-electron chi connectivity index (χ4n) is 2.40. The Morgan fingerprint density at radius 1 is 1.24 bits per heavy atom. The summed E-state index contributed by atoms with van der Waals surface area (Å²) in [5.74, 6) is 1.31. The molecule has 17 heavy (non-hydrogen) atoms. The van der Waals surface area contributed by atoms with Crippen LogP contribution in [0.25, 0.3) is 0 Å². The molecule has 1 fully saturated rings. The maximum absolute atomic E-state index is 5.52. The highest BCUT2D eigenvalue weighted by Crippen LogP contribution is 2.25. The molecule has 2 atom stereocenters. The summed E-state index contributed by atoms with van der Waals surface area (Å²) in [6.07, 6.45) is 6.46. The third-order valence-corrected chi connectivity index (χ3v) is 3.47. The number of hydrogen-bond donors (Lipinski definition) is 2. The number of anilines is 1. The van der Waals surface area contributed by atoms with E-state index in [0.717, 1.165) is 0 Å². The van der Waals surface area contributed by atoms with Crippen molar-refractivity contribution in [3.63, 3.8) is 0 Å². The van der Waals surface area contributed by atoms with Gasteiger partial charge >= 0.3 is 6.01 Å². The van der Waals surface area contributed by atoms with Gasteiger partial charge in [-0.1, -0.05) is 31.3 Å². The number of rotatable bonds is 4. The minimum atomic E-state index is 0.473. The lowest BCUT2D eigenvalue weighted by atomic mass is 9.97. The Kier molecular flexibility index (Phi) is 4.36. The van der Waals surface area contributed by atoms with Crippen LogP contribution in [0.4, 0.5) is 6.01 Å². The van der Waals surface area contributed by atoms with Crippen LogP contribution in [0.3, 0.4) is 0 Å². The number of nitrogens with zero attached hydrogens (tertiary/aromatic N) is 2. The molecule has 1 heterocycles. The normalized spacial score (nSPS) is 25.5. The molecule has 0 saturated heterocycles. The number of nitrogens with one attached hydrogen (secondary N) is 2. The van der Waals surface area contributed by atoms with Crippen molar-refractivity contribution in [2.45, 2.75) is 51.6 Å². The van der Waals surface area contributed by atoms with Crippen molar-refractivity contribution >= 4 is 6.01 Å². The Labute approximate surface area is 102 Å². The van der Waals surface area contributed by atoms with Gasteiger partial charge in [0, 0.05) is 6.04 Å². The second-order valence-corrected chi connectivity index (χ2v) is 4.90. The fourth-order valence-corrected chi connectivity index (χ4v) is 2.40. The van der Waals surface area contributed by atoms with E-state index in [1.54, 1.807) is 0 Å². The van der Waals surface area contributed by atoms with Crippen LogP contribution in [0.1, 0.15) is 44.9 Å². The monoisotopic (exact) mass is 238 g/mol. The molecule has 0 aromatic carbocycles. The van der Waals surface area contributed by atoms with Gasteiger partial charge in [0.05, 0.1) is 6.54 Å². The molecule has 0 aliphatic heterocycles. The molecular weight excluding hydrogens is 216 g/mol. The van der Waals surface area contributed by atoms with Gasteiger partial charge in [0.25, 0.3) is 0 Å². The van der Waals surface area contributed by atoms with Gasteiger partial charge in [-0.05, 0) is 25.8 Å². The first-order valence-corrected chi connectivity index (χ1v) is 6.53. The quantitative estimate of drug-likeness (QED) is 0.787. The van der Waals surface area contributed by atoms with Crippen LogP contribution in [0, 0.1) is 5.92 Å². The van der Waals surface area contributed by atoms with Crippen molar-refractivity contribution in [2.24, 2.45) is 5.92 Å². The van der Waals surface area contributed by atoms with E-state index in [2.05, 4.69) is 27.8 Å². The molecule has 1 aliphatic carbocycles. The molecule has 0 bridgehead atoms. The van der Waals surface area contributed by atoms with Gasteiger partial charge in [0.1, 0.15) is 0 Å². The van der Waals surface area contributed by atoms with Crippen LogP contribution in [0.5, 0.6) is 0 Å². The predicted octanol–water partition coefficient (Wildman–Crippen LogP) is 2.17. The zero-order valence-electron chi connectivity index (χ0n) is 10.7. The van der Waals surface area contributed by atoms with Crippen molar-refractivity contribution < 1.29 is 4.42 Å². The van der Waals surface area contributed by atoms with E-state index in [-0.39, 0.29) is 0 Å². The van der Waals surface area contributed by atoms with Crippen LogP contribution >= 0.6 is 0 Å². The number of aromatic nitrogens is 2. The van der Waals surface area contributed by atoms with Gasteiger partial charge in [-0.3, -0.25) is 0 Å². The second kappa shape index (κ2) is 6.00. The average Bonchev–Trinajstić information content (AvgIpc) is 2.65. The lowest BCUT2D eigenvalue weighted by Crippen LogP contribution is -2.26. The van der Waals surface area contributed by atoms with Gasteiger partial charge in [-0.15, -0.1) is 5.10 Å². The molecule has 0 amide bonds. The van der Waals surface area contributed by atoms with Crippen LogP contribution in [0.15, 0.2) is 4.42 Å². The molecule has 1 saturated carbocycles. The van der Waals surface area contributed by atoms with E-state index in [1.165, 1.54) is 32.1 Å². The van der Waals surface area contributed by atoms with Gasteiger partial charge in [0.2, 0.25) is 5.89 Å². The predicted molar refractivity (Wildman–Crippen MR) is 66.7 cm³/mol. The molecule has 5 nitrogen and oxygen atoms in total. The zero-order valence-corrected chi connectivity index (χ0v) is 10.7. The van der Waals surface area contributed by atoms with Crippen molar-refractivity contribution in [3.8, 4) is 0 Å². The summed E-state index contributed by atoms with van der Waals surface area (Å²) in [5.41, 5.74) is 0. The first kappa shape index (κ1) is 12.4. The molecule has 0 spiro atoms. The van der Waals surface area contributed by atoms with Gasteiger partial charge in [-0.25, -0.2) is 0 Å². The summed E-state index contributed by atoms with van der Waals surface area (Å²) >= 11 is 0. The molecule has 96 valence electrons. The lowest BCUT2D eigenvalue weighted by Gasteiger charge is -2.21. The van der Waals surface area contributed by atoms with Gasteiger partial charge in [0.15, 0.2) is 0 Å². The second-order valence-electron chi connectivity index (χ2n) is 4.90. The standard InChI is InChI=1S/C12H22N4O/c1-9-6-4-3-5-7-10(9)14-12-16-15-11(17-12)8-13-2/h9-10,13H,3-8H2,1-2H3,(H,14,16). The Bertz CT molecular complexity index is 339. The molecule has 2 N–H and O–H groups in total. The summed E-state index contributed by atoms with van der Waals surface area (Å²) in [4.78, 5) is 0. The molecule has 2 unspecified atom stereocenters. The Balaban J connectivity index is 1.93. The third kappa shape index (κ3) is 3.43. The van der Waals surface area contributed by atoms with E-state index < -0.39 is 0 Å². The molecule has 2 rings (SSSR count). The first-order chi connectivity index (χ1) is 8.29. The average molecular weight is 238 g/mol. The molecule has 1 aliphatic rings. The summed E-state index contributed by atoms with van der Waals surface area (Å²) in [6.45, 7) is 2.92. The summed E-state index contributed by atoms with van der Waals surface area (Å²) < 4.78 is 5.52. The highest BCUT2D eigenvalue weighted by atomic mass is 16.4. The molecule has 5 heteroatoms. The molecule has 1 aromatic rings. The van der Waals surface area contributed by atoms with Crippen molar-refractivity contribution in [1.29, 1.82) is 0 Å². The Hall–Kier alpha value is -1.10. The Morgan fingerprint density at radius 3 is 2.88 bits per heavy atom. The fraction of sp³-hybridized carbons (Fsp3) is 0.833. The maximum atomic E-state index is 5.52. The van der Waals surface area contributed by atoms with Crippen molar-refractivity contribution in [2.75, 3.05) is 12.4 Å². The highest BCUT2D eigenvalue weighted by Gasteiger charge is 2.21. The van der Waals surface area contributed by atoms with E-state index in [4.69, 9.17) is 4.42 Å². The smallest absolute Gasteiger partial charge is 0.315 e. The van der Waals surface area contributed by atoms with Gasteiger partial charge < -0.3 is 15.1 Å². The van der Waals surface area contributed by atoms with Crippen LogP contribution < -0.4 is 10.6 Å². The van der Waals surface area contributed by atoms with Crippen LogP contribution in [0.2, 0.25) is 0 Å².